The standard InChI is InChI=1S/C32H40O4/c1-25(17-11-19-27(3)21-13-23-29(5)31(33)35-7)15-9-10-16-26(2)18-12-20-28(4)22-14-24-30(6)32(34)36-8/h9-24H,1-8H3/b10-9+,17-11+,18-12+,21-13+,22-14+,25-15+,26-16+,27-19+,28-20+,29-23+,30-24+. The number of carbonyl (C=O) groups is 2. The smallest absolute Gasteiger partial charge is 0.333 e. The van der Waals surface area contributed by atoms with Gasteiger partial charge in [0.05, 0.1) is 14.2 Å². The monoisotopic (exact) mass is 488 g/mol. The van der Waals surface area contributed by atoms with Gasteiger partial charge >= 0.3 is 11.9 Å². The quantitative estimate of drug-likeness (QED) is 0.160. The Hall–Kier alpha value is -3.92. The predicted molar refractivity (Wildman–Crippen MR) is 152 cm³/mol. The van der Waals surface area contributed by atoms with Crippen LogP contribution in [0.15, 0.2) is 131 Å². The second-order valence-corrected chi connectivity index (χ2v) is 8.15. The van der Waals surface area contributed by atoms with Gasteiger partial charge < -0.3 is 9.47 Å². The highest BCUT2D eigenvalue weighted by atomic mass is 16.5. The number of esters is 2. The fraction of sp³-hybridized carbons (Fsp3) is 0.250. The minimum Gasteiger partial charge on any atom is -0.466 e. The molecule has 0 fully saturated rings. The maximum absolute atomic E-state index is 11.3. The average Bonchev–Trinajstić information content (AvgIpc) is 2.85. The first-order valence-corrected chi connectivity index (χ1v) is 11.7. The molecule has 36 heavy (non-hydrogen) atoms. The number of hydrogen-bond acceptors (Lipinski definition) is 4. The first-order chi connectivity index (χ1) is 17.1. The molecule has 4 heteroatoms. The molecule has 4 nitrogen and oxygen atoms in total. The third kappa shape index (κ3) is 16.7. The Morgan fingerprint density at radius 2 is 0.667 bits per heavy atom. The summed E-state index contributed by atoms with van der Waals surface area (Å²) in [6, 6.07) is 0. The Balaban J connectivity index is 4.80. The van der Waals surface area contributed by atoms with Crippen LogP contribution in [0, 0.1) is 0 Å². The van der Waals surface area contributed by atoms with Gasteiger partial charge in [-0.1, -0.05) is 120 Å². The average molecular weight is 489 g/mol. The van der Waals surface area contributed by atoms with Crippen molar-refractivity contribution in [1.29, 1.82) is 0 Å². The van der Waals surface area contributed by atoms with Crippen molar-refractivity contribution in [3.8, 4) is 0 Å². The van der Waals surface area contributed by atoms with Crippen molar-refractivity contribution in [1.82, 2.24) is 0 Å². The van der Waals surface area contributed by atoms with Crippen LogP contribution in [-0.4, -0.2) is 26.2 Å². The van der Waals surface area contributed by atoms with Crippen LogP contribution in [-0.2, 0) is 19.1 Å². The molecule has 0 aromatic rings. The van der Waals surface area contributed by atoms with Gasteiger partial charge in [-0.05, 0) is 41.5 Å². The Labute approximate surface area is 217 Å². The molecular formula is C32H40O4. The molecule has 0 unspecified atom stereocenters. The lowest BCUT2D eigenvalue weighted by Crippen LogP contribution is -2.00. The van der Waals surface area contributed by atoms with Gasteiger partial charge in [0.2, 0.25) is 0 Å². The summed E-state index contributed by atoms with van der Waals surface area (Å²) in [4.78, 5) is 22.7. The van der Waals surface area contributed by atoms with Gasteiger partial charge in [0, 0.05) is 11.1 Å². The fourth-order valence-electron chi connectivity index (χ4n) is 2.49. The molecule has 0 spiro atoms. The van der Waals surface area contributed by atoms with Gasteiger partial charge in [-0.3, -0.25) is 0 Å². The van der Waals surface area contributed by atoms with Crippen molar-refractivity contribution in [3.05, 3.63) is 131 Å². The first kappa shape index (κ1) is 32.1. The SMILES string of the molecule is COC(=O)/C(C)=C/C=C/C(C)=C/C=C/C(C)=C/C=C/C=C(C)/C=C/C=C(C)/C=C/C=C(\C)C(=O)OC. The molecule has 0 amide bonds. The summed E-state index contributed by atoms with van der Waals surface area (Å²) in [5, 5.41) is 0. The summed E-state index contributed by atoms with van der Waals surface area (Å²) in [6.45, 7) is 11.5. The molecule has 0 atom stereocenters. The largest absolute Gasteiger partial charge is 0.466 e. The van der Waals surface area contributed by atoms with E-state index in [0.29, 0.717) is 11.1 Å². The first-order valence-electron chi connectivity index (χ1n) is 11.7. The van der Waals surface area contributed by atoms with Crippen LogP contribution in [0.3, 0.4) is 0 Å². The van der Waals surface area contributed by atoms with E-state index in [-0.39, 0.29) is 11.9 Å². The summed E-state index contributed by atoms with van der Waals surface area (Å²) < 4.78 is 9.33. The maximum Gasteiger partial charge on any atom is 0.333 e. The highest BCUT2D eigenvalue weighted by Crippen LogP contribution is 2.04. The number of allylic oxidation sites excluding steroid dienone is 20. The minimum atomic E-state index is -0.325. The number of methoxy groups -OCH3 is 2. The second-order valence-electron chi connectivity index (χ2n) is 8.15. The van der Waals surface area contributed by atoms with E-state index in [2.05, 4.69) is 9.47 Å². The zero-order valence-corrected chi connectivity index (χ0v) is 22.9. The molecule has 0 bridgehead atoms. The van der Waals surface area contributed by atoms with Gasteiger partial charge in [-0.15, -0.1) is 0 Å². The van der Waals surface area contributed by atoms with Crippen LogP contribution >= 0.6 is 0 Å². The van der Waals surface area contributed by atoms with Crippen molar-refractivity contribution < 1.29 is 19.1 Å². The lowest BCUT2D eigenvalue weighted by molar-refractivity contribution is -0.136. The number of ether oxygens (including phenoxy) is 2. The summed E-state index contributed by atoms with van der Waals surface area (Å²) >= 11 is 0. The third-order valence-corrected chi connectivity index (χ3v) is 4.69. The maximum atomic E-state index is 11.3. The molecule has 0 aromatic carbocycles. The third-order valence-electron chi connectivity index (χ3n) is 4.69. The number of rotatable bonds is 12. The summed E-state index contributed by atoms with van der Waals surface area (Å²) in [5.74, 6) is -0.650. The topological polar surface area (TPSA) is 52.6 Å². The Morgan fingerprint density at radius 1 is 0.417 bits per heavy atom. The molecule has 0 radical (unpaired) electrons. The van der Waals surface area contributed by atoms with Gasteiger partial charge in [0.15, 0.2) is 0 Å². The van der Waals surface area contributed by atoms with Gasteiger partial charge in [-0.2, -0.15) is 0 Å². The van der Waals surface area contributed by atoms with Gasteiger partial charge in [0.25, 0.3) is 0 Å². The van der Waals surface area contributed by atoms with Gasteiger partial charge in [0.1, 0.15) is 0 Å². The van der Waals surface area contributed by atoms with E-state index in [9.17, 15) is 9.59 Å². The van der Waals surface area contributed by atoms with E-state index in [1.165, 1.54) is 14.2 Å². The van der Waals surface area contributed by atoms with Crippen LogP contribution in [0.1, 0.15) is 41.5 Å². The summed E-state index contributed by atoms with van der Waals surface area (Å²) in [6.07, 6.45) is 31.2. The summed E-state index contributed by atoms with van der Waals surface area (Å²) in [7, 11) is 2.74. The van der Waals surface area contributed by atoms with E-state index in [0.717, 1.165) is 22.3 Å². The molecule has 0 N–H and O–H groups in total. The molecular weight excluding hydrogens is 448 g/mol. The normalized spacial score (nSPS) is 15.3. The molecule has 0 aliphatic heterocycles. The van der Waals surface area contributed by atoms with E-state index >= 15 is 0 Å². The Morgan fingerprint density at radius 3 is 0.944 bits per heavy atom. The van der Waals surface area contributed by atoms with Crippen LogP contribution < -0.4 is 0 Å². The van der Waals surface area contributed by atoms with Crippen LogP contribution in [0.25, 0.3) is 0 Å². The number of carbonyl (C=O) groups excluding carboxylic acids is 2. The molecule has 0 saturated carbocycles. The van der Waals surface area contributed by atoms with E-state index in [1.807, 2.05) is 113 Å². The zero-order chi connectivity index (χ0) is 27.3. The number of hydrogen-bond donors (Lipinski definition) is 0. The van der Waals surface area contributed by atoms with E-state index in [1.54, 1.807) is 26.0 Å². The molecule has 0 rings (SSSR count). The Kier molecular flexibility index (Phi) is 17.3. The highest BCUT2D eigenvalue weighted by molar-refractivity contribution is 5.88. The van der Waals surface area contributed by atoms with Crippen molar-refractivity contribution in [2.75, 3.05) is 14.2 Å². The van der Waals surface area contributed by atoms with Crippen LogP contribution in [0.4, 0.5) is 0 Å². The lowest BCUT2D eigenvalue weighted by Gasteiger charge is -1.95. The molecule has 0 heterocycles. The molecule has 192 valence electrons. The zero-order valence-electron chi connectivity index (χ0n) is 22.9. The van der Waals surface area contributed by atoms with Crippen molar-refractivity contribution in [2.45, 2.75) is 41.5 Å². The summed E-state index contributed by atoms with van der Waals surface area (Å²) in [5.41, 5.74) is 5.52. The van der Waals surface area contributed by atoms with Crippen LogP contribution in [0.2, 0.25) is 0 Å². The molecule has 0 aromatic heterocycles. The minimum absolute atomic E-state index is 0.325. The van der Waals surface area contributed by atoms with Gasteiger partial charge in [-0.25, -0.2) is 9.59 Å². The molecule has 0 aliphatic carbocycles. The second kappa shape index (κ2) is 19.4. The highest BCUT2D eigenvalue weighted by Gasteiger charge is 2.00. The predicted octanol–water partition coefficient (Wildman–Crippen LogP) is 7.79. The van der Waals surface area contributed by atoms with Crippen molar-refractivity contribution in [2.24, 2.45) is 0 Å². The van der Waals surface area contributed by atoms with E-state index in [4.69, 9.17) is 0 Å². The van der Waals surface area contributed by atoms with Crippen LogP contribution in [0.5, 0.6) is 0 Å². The van der Waals surface area contributed by atoms with Crippen molar-refractivity contribution >= 4 is 11.9 Å². The fourth-order valence-corrected chi connectivity index (χ4v) is 2.49. The molecule has 0 saturated heterocycles. The lowest BCUT2D eigenvalue weighted by atomic mass is 10.2. The molecule has 0 aliphatic rings. The van der Waals surface area contributed by atoms with E-state index < -0.39 is 0 Å². The van der Waals surface area contributed by atoms with Crippen molar-refractivity contribution in [3.63, 3.8) is 0 Å². The Bertz CT molecular complexity index is 989.